The molecule has 0 fully saturated rings. The van der Waals surface area contributed by atoms with Crippen molar-refractivity contribution in [3.8, 4) is 6.07 Å². The van der Waals surface area contributed by atoms with Gasteiger partial charge in [0.1, 0.15) is 17.7 Å². The number of hydrogen-bond donors (Lipinski definition) is 3. The first-order valence-corrected chi connectivity index (χ1v) is 9.85. The molecule has 2 N–H and O–H groups in total. The fourth-order valence-electron chi connectivity index (χ4n) is 2.90. The van der Waals surface area contributed by atoms with Gasteiger partial charge in [-0.2, -0.15) is 5.26 Å². The Balaban J connectivity index is 1.73. The molecule has 0 aromatic heterocycles. The number of carbonyl (C=O) groups excluding carboxylic acids is 2. The summed E-state index contributed by atoms with van der Waals surface area (Å²) in [5.74, 6) is -1.77. The summed E-state index contributed by atoms with van der Waals surface area (Å²) >= 11 is 4.19. The summed E-state index contributed by atoms with van der Waals surface area (Å²) in [6.45, 7) is 1.73. The largest absolute Gasteiger partial charge is 0.332 e. The highest BCUT2D eigenvalue weighted by Crippen LogP contribution is 2.25. The van der Waals surface area contributed by atoms with E-state index in [4.69, 9.17) is 0 Å². The molecule has 1 unspecified atom stereocenters. The van der Waals surface area contributed by atoms with Gasteiger partial charge in [0.15, 0.2) is 0 Å². The Morgan fingerprint density at radius 2 is 1.75 bits per heavy atom. The topological polar surface area (TPSA) is 85.2 Å². The van der Waals surface area contributed by atoms with Crippen LogP contribution in [0.2, 0.25) is 0 Å². The van der Waals surface area contributed by atoms with Crippen molar-refractivity contribution in [3.05, 3.63) is 95.1 Å². The summed E-state index contributed by atoms with van der Waals surface area (Å²) in [5, 5.41) is 14.7. The van der Waals surface area contributed by atoms with E-state index in [2.05, 4.69) is 23.4 Å². The fraction of sp³-hybridized carbons (Fsp3) is 0.0870. The van der Waals surface area contributed by atoms with E-state index in [9.17, 15) is 23.6 Å². The average Bonchev–Trinajstić information content (AvgIpc) is 2.79. The van der Waals surface area contributed by atoms with E-state index in [0.717, 1.165) is 10.4 Å². The van der Waals surface area contributed by atoms with Gasteiger partial charge in [0.2, 0.25) is 0 Å². The van der Waals surface area contributed by atoms with Gasteiger partial charge in [0.25, 0.3) is 5.91 Å². The molecule has 0 saturated heterocycles. The smallest absolute Gasteiger partial charge is 0.330 e. The number of nitriles is 1. The highest BCUT2D eigenvalue weighted by Gasteiger charge is 2.18. The minimum Gasteiger partial charge on any atom is -0.330 e. The third-order valence-electron chi connectivity index (χ3n) is 4.64. The van der Waals surface area contributed by atoms with Crippen LogP contribution in [0, 0.1) is 23.0 Å². The molecule has 6 nitrogen and oxygen atoms in total. The van der Waals surface area contributed by atoms with E-state index in [0.29, 0.717) is 5.56 Å². The van der Waals surface area contributed by atoms with Crippen molar-refractivity contribution >= 4 is 36.1 Å². The number of nitrogens with zero attached hydrogens (tertiary/aromatic N) is 2. The Labute approximate surface area is 189 Å². The lowest BCUT2D eigenvalue weighted by Gasteiger charge is -2.21. The molecule has 0 aliphatic carbocycles. The SMILES string of the molecule is CC(NC(=O)N(S)c1ccc(NC(=O)c2ccccc2F)c(C#N)c1)c1ccc(F)cc1. The van der Waals surface area contributed by atoms with Crippen LogP contribution in [0.3, 0.4) is 0 Å². The predicted octanol–water partition coefficient (Wildman–Crippen LogP) is 5.21. The molecular formula is C23H18F2N4O2S. The highest BCUT2D eigenvalue weighted by molar-refractivity contribution is 7.82. The molecule has 0 aliphatic heterocycles. The molecule has 0 aliphatic rings. The first-order chi connectivity index (χ1) is 15.3. The summed E-state index contributed by atoms with van der Waals surface area (Å²) in [6.07, 6.45) is 0. The van der Waals surface area contributed by atoms with Crippen molar-refractivity contribution in [2.75, 3.05) is 9.62 Å². The maximum absolute atomic E-state index is 13.8. The van der Waals surface area contributed by atoms with Crippen LogP contribution >= 0.6 is 12.8 Å². The van der Waals surface area contributed by atoms with Gasteiger partial charge in [0.05, 0.1) is 28.5 Å². The van der Waals surface area contributed by atoms with Gasteiger partial charge in [-0.1, -0.05) is 37.1 Å². The molecule has 0 heterocycles. The molecule has 3 aromatic rings. The fourth-order valence-corrected chi connectivity index (χ4v) is 3.08. The van der Waals surface area contributed by atoms with Crippen molar-refractivity contribution in [1.82, 2.24) is 5.32 Å². The lowest BCUT2D eigenvalue weighted by molar-refractivity contribution is 0.102. The highest BCUT2D eigenvalue weighted by atomic mass is 32.1. The van der Waals surface area contributed by atoms with Crippen LogP contribution in [-0.4, -0.2) is 11.9 Å². The molecule has 32 heavy (non-hydrogen) atoms. The number of thiol groups is 1. The van der Waals surface area contributed by atoms with Gasteiger partial charge in [-0.05, 0) is 55.0 Å². The van der Waals surface area contributed by atoms with Crippen molar-refractivity contribution in [3.63, 3.8) is 0 Å². The second-order valence-corrected chi connectivity index (χ2v) is 7.21. The number of rotatable bonds is 5. The van der Waals surface area contributed by atoms with Gasteiger partial charge in [0, 0.05) is 0 Å². The second kappa shape index (κ2) is 9.94. The third-order valence-corrected chi connectivity index (χ3v) is 5.05. The Morgan fingerprint density at radius 1 is 1.06 bits per heavy atom. The molecule has 0 spiro atoms. The number of amides is 3. The van der Waals surface area contributed by atoms with Crippen LogP contribution in [0.25, 0.3) is 0 Å². The number of nitrogens with one attached hydrogen (secondary N) is 2. The summed E-state index contributed by atoms with van der Waals surface area (Å²) in [4.78, 5) is 24.9. The van der Waals surface area contributed by atoms with Crippen LogP contribution in [0.15, 0.2) is 66.7 Å². The average molecular weight is 452 g/mol. The molecule has 0 saturated carbocycles. The van der Waals surface area contributed by atoms with Crippen LogP contribution in [-0.2, 0) is 0 Å². The van der Waals surface area contributed by atoms with E-state index < -0.39 is 23.8 Å². The quantitative estimate of drug-likeness (QED) is 0.465. The zero-order chi connectivity index (χ0) is 23.3. The molecule has 3 rings (SSSR count). The standard InChI is InChI=1S/C23H18F2N4O2S/c1-14(15-6-8-17(24)9-7-15)27-23(31)29(32)18-10-11-21(16(12-18)13-26)28-22(30)19-4-2-3-5-20(19)25/h2-12,14,32H,1H3,(H,27,31)(H,28,30). The zero-order valence-corrected chi connectivity index (χ0v) is 17.7. The number of carbonyl (C=O) groups is 2. The Hall–Kier alpha value is -3.90. The first-order valence-electron chi connectivity index (χ1n) is 9.45. The Bertz CT molecular complexity index is 1200. The normalized spacial score (nSPS) is 11.2. The van der Waals surface area contributed by atoms with E-state index in [-0.39, 0.29) is 28.3 Å². The molecule has 0 bridgehead atoms. The van der Waals surface area contributed by atoms with E-state index >= 15 is 0 Å². The van der Waals surface area contributed by atoms with Gasteiger partial charge >= 0.3 is 6.03 Å². The summed E-state index contributed by atoms with van der Waals surface area (Å²) in [6, 6.07) is 16.4. The Morgan fingerprint density at radius 3 is 2.41 bits per heavy atom. The van der Waals surface area contributed by atoms with Gasteiger partial charge in [-0.3, -0.25) is 4.79 Å². The van der Waals surface area contributed by atoms with Crippen molar-refractivity contribution in [1.29, 1.82) is 5.26 Å². The van der Waals surface area contributed by atoms with Crippen molar-refractivity contribution in [2.45, 2.75) is 13.0 Å². The molecule has 0 radical (unpaired) electrons. The van der Waals surface area contributed by atoms with Gasteiger partial charge < -0.3 is 10.6 Å². The number of halogens is 2. The van der Waals surface area contributed by atoms with Crippen molar-refractivity contribution in [2.24, 2.45) is 0 Å². The number of anilines is 2. The summed E-state index contributed by atoms with van der Waals surface area (Å²) in [7, 11) is 0. The Kier molecular flexibility index (Phi) is 7.07. The molecule has 3 aromatic carbocycles. The van der Waals surface area contributed by atoms with Crippen LogP contribution in [0.5, 0.6) is 0 Å². The number of hydrogen-bond acceptors (Lipinski definition) is 4. The lowest BCUT2D eigenvalue weighted by atomic mass is 10.1. The zero-order valence-electron chi connectivity index (χ0n) is 16.8. The van der Waals surface area contributed by atoms with Crippen LogP contribution in [0.1, 0.15) is 34.5 Å². The maximum Gasteiger partial charge on any atom is 0.332 e. The summed E-state index contributed by atoms with van der Waals surface area (Å²) < 4.78 is 27.9. The predicted molar refractivity (Wildman–Crippen MR) is 120 cm³/mol. The van der Waals surface area contributed by atoms with Crippen LogP contribution < -0.4 is 14.9 Å². The second-order valence-electron chi connectivity index (χ2n) is 6.81. The monoisotopic (exact) mass is 452 g/mol. The molecule has 3 amide bonds. The summed E-state index contributed by atoms with van der Waals surface area (Å²) in [5.41, 5.74) is 1.03. The maximum atomic E-state index is 13.8. The van der Waals surface area contributed by atoms with E-state index in [1.165, 1.54) is 48.5 Å². The molecule has 162 valence electrons. The molecular weight excluding hydrogens is 434 g/mol. The third kappa shape index (κ3) is 5.22. The lowest BCUT2D eigenvalue weighted by Crippen LogP contribution is -2.35. The van der Waals surface area contributed by atoms with Crippen molar-refractivity contribution < 1.29 is 18.4 Å². The van der Waals surface area contributed by atoms with Crippen LogP contribution in [0.4, 0.5) is 25.0 Å². The van der Waals surface area contributed by atoms with E-state index in [1.54, 1.807) is 19.1 Å². The van der Waals surface area contributed by atoms with Gasteiger partial charge in [-0.25, -0.2) is 17.9 Å². The number of benzene rings is 3. The minimum absolute atomic E-state index is 0.0608. The molecule has 1 atom stereocenters. The van der Waals surface area contributed by atoms with E-state index in [1.807, 2.05) is 6.07 Å². The molecule has 9 heteroatoms. The van der Waals surface area contributed by atoms with Gasteiger partial charge in [-0.15, -0.1) is 0 Å². The first kappa shape index (κ1) is 22.8. The number of urea groups is 1. The minimum atomic E-state index is -0.707.